The van der Waals surface area contributed by atoms with Crippen LogP contribution in [0.2, 0.25) is 0 Å². The number of benzene rings is 1. The topological polar surface area (TPSA) is 96.2 Å². The third-order valence-electron chi connectivity index (χ3n) is 2.82. The molecule has 1 aromatic rings. The Balaban J connectivity index is 2.89. The summed E-state index contributed by atoms with van der Waals surface area (Å²) in [5.74, 6) is -0.543. The van der Waals surface area contributed by atoms with E-state index >= 15 is 0 Å². The van der Waals surface area contributed by atoms with Crippen LogP contribution in [0.1, 0.15) is 13.8 Å². The quantitative estimate of drug-likeness (QED) is 0.350. The summed E-state index contributed by atoms with van der Waals surface area (Å²) < 4.78 is 10.7. The first-order chi connectivity index (χ1) is 10.5. The van der Waals surface area contributed by atoms with Gasteiger partial charge in [0.15, 0.2) is 6.10 Å². The summed E-state index contributed by atoms with van der Waals surface area (Å²) in [6.07, 6.45) is -2.65. The Hall–Kier alpha value is -1.12. The fourth-order valence-electron chi connectivity index (χ4n) is 1.70. The fraction of sp³-hybridized carbons (Fsp3) is 0.533. The normalized spacial score (nSPS) is 16.6. The maximum atomic E-state index is 11.2. The minimum absolute atomic E-state index is 0.387. The summed E-state index contributed by atoms with van der Waals surface area (Å²) in [5.41, 5.74) is -0.761. The molecule has 6 nitrogen and oxygen atoms in total. The van der Waals surface area contributed by atoms with Gasteiger partial charge in [0.25, 0.3) is 0 Å². The van der Waals surface area contributed by atoms with Crippen molar-refractivity contribution >= 4 is 17.7 Å². The van der Waals surface area contributed by atoms with E-state index in [1.807, 2.05) is 30.3 Å². The molecule has 1 aromatic carbocycles. The molecule has 1 unspecified atom stereocenters. The molecule has 0 aliphatic rings. The fourth-order valence-corrected chi connectivity index (χ4v) is 2.77. The van der Waals surface area contributed by atoms with Crippen molar-refractivity contribution in [1.29, 1.82) is 0 Å². The van der Waals surface area contributed by atoms with Gasteiger partial charge in [-0.1, -0.05) is 30.0 Å². The average molecular weight is 330 g/mol. The number of aliphatic hydroxyl groups is 3. The third kappa shape index (κ3) is 6.33. The summed E-state index contributed by atoms with van der Waals surface area (Å²) in [6, 6.07) is 9.25. The second kappa shape index (κ2) is 9.81. The van der Waals surface area contributed by atoms with Gasteiger partial charge in [0.2, 0.25) is 0 Å². The number of carbonyl (C=O) groups is 1. The predicted molar refractivity (Wildman–Crippen MR) is 82.4 cm³/mol. The van der Waals surface area contributed by atoms with E-state index in [9.17, 15) is 20.1 Å². The van der Waals surface area contributed by atoms with Crippen LogP contribution in [-0.2, 0) is 14.3 Å². The van der Waals surface area contributed by atoms with Crippen LogP contribution >= 0.6 is 11.8 Å². The van der Waals surface area contributed by atoms with Crippen LogP contribution in [0, 0.1) is 0 Å². The Kier molecular flexibility index (Phi) is 8.44. The molecule has 124 valence electrons. The number of thioether (sulfide) groups is 1. The van der Waals surface area contributed by atoms with E-state index in [1.54, 1.807) is 0 Å². The van der Waals surface area contributed by atoms with Crippen molar-refractivity contribution in [2.24, 2.45) is 0 Å². The lowest BCUT2D eigenvalue weighted by molar-refractivity contribution is -0.159. The first-order valence-corrected chi connectivity index (χ1v) is 7.80. The van der Waals surface area contributed by atoms with Gasteiger partial charge in [0, 0.05) is 11.8 Å². The summed E-state index contributed by atoms with van der Waals surface area (Å²) >= 11 is 1.24. The number of ether oxygens (including phenoxy) is 2. The molecule has 4 atom stereocenters. The highest BCUT2D eigenvalue weighted by atomic mass is 32.2. The van der Waals surface area contributed by atoms with Gasteiger partial charge in [0.1, 0.15) is 11.5 Å². The molecule has 0 heterocycles. The van der Waals surface area contributed by atoms with Crippen LogP contribution in [0.4, 0.5) is 0 Å². The van der Waals surface area contributed by atoms with Gasteiger partial charge in [-0.3, -0.25) is 4.79 Å². The maximum absolute atomic E-state index is 11.2. The zero-order valence-electron chi connectivity index (χ0n) is 12.6. The minimum atomic E-state index is -0.907. The Morgan fingerprint density at radius 3 is 2.23 bits per heavy atom. The first-order valence-electron chi connectivity index (χ1n) is 6.92. The van der Waals surface area contributed by atoms with E-state index in [0.29, 0.717) is 0 Å². The zero-order valence-corrected chi connectivity index (χ0v) is 13.4. The van der Waals surface area contributed by atoms with Crippen LogP contribution in [0.5, 0.6) is 0 Å². The molecule has 3 N–H and O–H groups in total. The molecule has 0 saturated carbocycles. The van der Waals surface area contributed by atoms with Gasteiger partial charge in [-0.25, -0.2) is 0 Å². The van der Waals surface area contributed by atoms with E-state index in [2.05, 4.69) is 0 Å². The van der Waals surface area contributed by atoms with E-state index in [1.165, 1.54) is 25.6 Å². The van der Waals surface area contributed by atoms with Crippen LogP contribution < -0.4 is 0 Å². The molecule has 0 aliphatic carbocycles. The van der Waals surface area contributed by atoms with Crippen LogP contribution in [0.25, 0.3) is 0 Å². The van der Waals surface area contributed by atoms with Gasteiger partial charge < -0.3 is 24.8 Å². The summed E-state index contributed by atoms with van der Waals surface area (Å²) in [4.78, 5) is 12.0. The van der Waals surface area contributed by atoms with E-state index in [-0.39, 0.29) is 6.61 Å². The molecular formula is C15H22O6S. The van der Waals surface area contributed by atoms with Crippen LogP contribution in [0.15, 0.2) is 35.2 Å². The molecule has 0 saturated heterocycles. The molecule has 0 fully saturated rings. The zero-order chi connectivity index (χ0) is 16.5. The highest BCUT2D eigenvalue weighted by Gasteiger charge is 2.30. The Morgan fingerprint density at radius 2 is 1.77 bits per heavy atom. The molecule has 0 bridgehead atoms. The molecule has 0 amide bonds. The van der Waals surface area contributed by atoms with Crippen molar-refractivity contribution in [1.82, 2.24) is 0 Å². The lowest BCUT2D eigenvalue weighted by Gasteiger charge is -2.29. The summed E-state index contributed by atoms with van der Waals surface area (Å²) in [5, 5.41) is 28.3. The molecule has 7 heteroatoms. The molecule has 1 rings (SSSR count). The second-order valence-corrected chi connectivity index (χ2v) is 5.90. The van der Waals surface area contributed by atoms with Crippen molar-refractivity contribution in [2.75, 3.05) is 13.2 Å². The van der Waals surface area contributed by atoms with Gasteiger partial charge in [-0.2, -0.15) is 0 Å². The van der Waals surface area contributed by atoms with E-state index in [4.69, 9.17) is 9.47 Å². The van der Waals surface area contributed by atoms with Crippen molar-refractivity contribution < 1.29 is 29.6 Å². The SMILES string of the molecule is CC(=O)O[C@H](CO)[C@H](OC(CO)[C@H](C)O)Sc1ccccc1. The van der Waals surface area contributed by atoms with Crippen molar-refractivity contribution in [3.05, 3.63) is 30.3 Å². The van der Waals surface area contributed by atoms with E-state index < -0.39 is 36.3 Å². The minimum Gasteiger partial charge on any atom is -0.456 e. The molecule has 22 heavy (non-hydrogen) atoms. The van der Waals surface area contributed by atoms with Crippen LogP contribution in [0.3, 0.4) is 0 Å². The number of rotatable bonds is 9. The molecular weight excluding hydrogens is 308 g/mol. The lowest BCUT2D eigenvalue weighted by Crippen LogP contribution is -2.41. The number of hydrogen-bond donors (Lipinski definition) is 3. The van der Waals surface area contributed by atoms with Crippen LogP contribution in [-0.4, -0.2) is 58.3 Å². The largest absolute Gasteiger partial charge is 0.456 e. The molecule has 0 radical (unpaired) electrons. The van der Waals surface area contributed by atoms with Gasteiger partial charge in [-0.15, -0.1) is 0 Å². The molecule has 0 aromatic heterocycles. The van der Waals surface area contributed by atoms with Crippen molar-refractivity contribution in [3.8, 4) is 0 Å². The summed E-state index contributed by atoms with van der Waals surface area (Å²) in [6.45, 7) is 1.92. The standard InChI is InChI=1S/C15H22O6S/c1-10(18)13(8-16)21-15(14(9-17)20-11(2)19)22-12-6-4-3-5-7-12/h3-7,10,13-18H,8-9H2,1-2H3/t10-,13?,14+,15+/m0/s1. The van der Waals surface area contributed by atoms with E-state index in [0.717, 1.165) is 4.90 Å². The number of hydrogen-bond acceptors (Lipinski definition) is 7. The van der Waals surface area contributed by atoms with Gasteiger partial charge >= 0.3 is 5.97 Å². The Labute approximate surface area is 134 Å². The number of aliphatic hydroxyl groups excluding tert-OH is 3. The van der Waals surface area contributed by atoms with Gasteiger partial charge in [-0.05, 0) is 19.1 Å². The second-order valence-electron chi connectivity index (χ2n) is 4.73. The number of esters is 1. The Bertz CT molecular complexity index is 439. The highest BCUT2D eigenvalue weighted by Crippen LogP contribution is 2.29. The summed E-state index contributed by atoms with van der Waals surface area (Å²) in [7, 11) is 0. The maximum Gasteiger partial charge on any atom is 0.303 e. The van der Waals surface area contributed by atoms with Crippen molar-refractivity contribution in [3.63, 3.8) is 0 Å². The highest BCUT2D eigenvalue weighted by molar-refractivity contribution is 7.99. The van der Waals surface area contributed by atoms with Gasteiger partial charge in [0.05, 0.1) is 19.3 Å². The monoisotopic (exact) mass is 330 g/mol. The molecule has 0 aliphatic heterocycles. The average Bonchev–Trinajstić information content (AvgIpc) is 2.49. The lowest BCUT2D eigenvalue weighted by atomic mass is 10.2. The number of carbonyl (C=O) groups excluding carboxylic acids is 1. The first kappa shape index (κ1) is 18.9. The Morgan fingerprint density at radius 1 is 1.18 bits per heavy atom. The predicted octanol–water partition coefficient (Wildman–Crippen LogP) is 0.787. The third-order valence-corrected chi connectivity index (χ3v) is 4.01. The molecule has 0 spiro atoms. The smallest absolute Gasteiger partial charge is 0.303 e. The van der Waals surface area contributed by atoms with Crippen molar-refractivity contribution in [2.45, 2.75) is 42.5 Å².